The Hall–Kier alpha value is -2.36. The predicted molar refractivity (Wildman–Crippen MR) is 86.7 cm³/mol. The molecule has 0 amide bonds. The third-order valence-corrected chi connectivity index (χ3v) is 4.69. The second-order valence-electron chi connectivity index (χ2n) is 6.26. The third kappa shape index (κ3) is 2.34. The molecule has 1 aliphatic carbocycles. The molecule has 1 saturated carbocycles. The molecule has 0 spiro atoms. The van der Waals surface area contributed by atoms with Gasteiger partial charge in [0.25, 0.3) is 5.69 Å². The number of nitro benzene ring substituents is 1. The summed E-state index contributed by atoms with van der Waals surface area (Å²) in [6, 6.07) is 13.7. The zero-order valence-electron chi connectivity index (χ0n) is 12.4. The lowest BCUT2D eigenvalue weighted by Gasteiger charge is -2.33. The van der Waals surface area contributed by atoms with Crippen molar-refractivity contribution in [3.8, 4) is 0 Å². The predicted octanol–water partition coefficient (Wildman–Crippen LogP) is 4.44. The second-order valence-corrected chi connectivity index (χ2v) is 6.26. The van der Waals surface area contributed by atoms with Crippen LogP contribution in [-0.2, 0) is 6.42 Å². The molecule has 0 radical (unpaired) electrons. The molecule has 1 aliphatic heterocycles. The molecule has 4 heteroatoms. The summed E-state index contributed by atoms with van der Waals surface area (Å²) in [5.41, 5.74) is 4.87. The molecule has 2 aromatic rings. The molecule has 2 aromatic carbocycles. The summed E-state index contributed by atoms with van der Waals surface area (Å²) < 4.78 is 0. The van der Waals surface area contributed by atoms with Gasteiger partial charge in [-0.2, -0.15) is 0 Å². The Bertz CT molecular complexity index is 738. The van der Waals surface area contributed by atoms with Crippen LogP contribution < -0.4 is 4.90 Å². The molecule has 1 heterocycles. The normalized spacial score (nSPS) is 16.1. The summed E-state index contributed by atoms with van der Waals surface area (Å²) in [5, 5.41) is 11.1. The summed E-state index contributed by atoms with van der Waals surface area (Å²) in [4.78, 5) is 13.1. The van der Waals surface area contributed by atoms with E-state index in [0.29, 0.717) is 0 Å². The van der Waals surface area contributed by atoms with Crippen molar-refractivity contribution in [2.75, 3.05) is 11.4 Å². The van der Waals surface area contributed by atoms with E-state index in [1.807, 2.05) is 12.1 Å². The van der Waals surface area contributed by atoms with Crippen LogP contribution in [0.2, 0.25) is 0 Å². The van der Waals surface area contributed by atoms with Crippen molar-refractivity contribution < 1.29 is 4.92 Å². The molecule has 4 rings (SSSR count). The first-order chi connectivity index (χ1) is 10.7. The van der Waals surface area contributed by atoms with E-state index in [4.69, 9.17) is 0 Å². The number of nitrogens with zero attached hydrogens (tertiary/aromatic N) is 2. The van der Waals surface area contributed by atoms with Gasteiger partial charge in [-0.15, -0.1) is 0 Å². The van der Waals surface area contributed by atoms with Gasteiger partial charge in [-0.05, 0) is 35.6 Å². The highest BCUT2D eigenvalue weighted by molar-refractivity contribution is 5.75. The van der Waals surface area contributed by atoms with Gasteiger partial charge < -0.3 is 4.90 Å². The van der Waals surface area contributed by atoms with Crippen molar-refractivity contribution in [1.29, 1.82) is 0 Å². The fraction of sp³-hybridized carbons (Fsp3) is 0.333. The van der Waals surface area contributed by atoms with Crippen LogP contribution in [-0.4, -0.2) is 11.5 Å². The minimum absolute atomic E-state index is 0.176. The molecular formula is C18H18N2O2. The molecule has 4 nitrogen and oxygen atoms in total. The molecule has 0 N–H and O–H groups in total. The minimum Gasteiger partial charge on any atom is -0.341 e. The van der Waals surface area contributed by atoms with E-state index >= 15 is 0 Å². The Labute approximate surface area is 129 Å². The maximum absolute atomic E-state index is 11.1. The lowest BCUT2D eigenvalue weighted by Crippen LogP contribution is -2.25. The molecule has 0 unspecified atom stereocenters. The zero-order valence-corrected chi connectivity index (χ0v) is 12.4. The van der Waals surface area contributed by atoms with E-state index in [2.05, 4.69) is 23.1 Å². The van der Waals surface area contributed by atoms with Gasteiger partial charge >= 0.3 is 0 Å². The average Bonchev–Trinajstić information content (AvgIpc) is 3.35. The number of para-hydroxylation sites is 1. The molecular weight excluding hydrogens is 276 g/mol. The molecule has 0 bridgehead atoms. The Morgan fingerprint density at radius 3 is 2.64 bits per heavy atom. The molecule has 2 aliphatic rings. The summed E-state index contributed by atoms with van der Waals surface area (Å²) in [7, 11) is 0. The quantitative estimate of drug-likeness (QED) is 0.618. The number of hydrogen-bond acceptors (Lipinski definition) is 3. The Morgan fingerprint density at radius 1 is 1.09 bits per heavy atom. The zero-order chi connectivity index (χ0) is 15.1. The van der Waals surface area contributed by atoms with Gasteiger partial charge in [0.1, 0.15) is 0 Å². The first kappa shape index (κ1) is 13.3. The van der Waals surface area contributed by atoms with Crippen LogP contribution in [0.4, 0.5) is 17.1 Å². The van der Waals surface area contributed by atoms with Crippen molar-refractivity contribution >= 4 is 17.1 Å². The Morgan fingerprint density at radius 2 is 1.86 bits per heavy atom. The number of benzene rings is 2. The van der Waals surface area contributed by atoms with E-state index in [0.717, 1.165) is 31.0 Å². The number of rotatable bonds is 4. The van der Waals surface area contributed by atoms with Crippen molar-refractivity contribution in [2.45, 2.75) is 25.7 Å². The van der Waals surface area contributed by atoms with Crippen LogP contribution in [0.3, 0.4) is 0 Å². The highest BCUT2D eigenvalue weighted by Gasteiger charge is 2.27. The van der Waals surface area contributed by atoms with Gasteiger partial charge in [0, 0.05) is 30.8 Å². The Kier molecular flexibility index (Phi) is 3.10. The SMILES string of the molecule is O=[N+]([O-])c1ccc2c(c1)N(CCC1CC1)c1ccccc1C2. The topological polar surface area (TPSA) is 46.4 Å². The average molecular weight is 294 g/mol. The lowest BCUT2D eigenvalue weighted by molar-refractivity contribution is -0.384. The van der Waals surface area contributed by atoms with Crippen LogP contribution >= 0.6 is 0 Å². The van der Waals surface area contributed by atoms with Crippen LogP contribution in [0, 0.1) is 16.0 Å². The monoisotopic (exact) mass is 294 g/mol. The molecule has 1 fully saturated rings. The van der Waals surface area contributed by atoms with Crippen molar-refractivity contribution in [1.82, 2.24) is 0 Å². The van der Waals surface area contributed by atoms with E-state index < -0.39 is 0 Å². The van der Waals surface area contributed by atoms with E-state index in [1.54, 1.807) is 12.1 Å². The second kappa shape index (κ2) is 5.13. The van der Waals surface area contributed by atoms with Crippen LogP contribution in [0.15, 0.2) is 42.5 Å². The van der Waals surface area contributed by atoms with Crippen LogP contribution in [0.25, 0.3) is 0 Å². The number of nitro groups is 1. The van der Waals surface area contributed by atoms with E-state index in [-0.39, 0.29) is 10.6 Å². The highest BCUT2D eigenvalue weighted by atomic mass is 16.6. The molecule has 0 saturated heterocycles. The van der Waals surface area contributed by atoms with Gasteiger partial charge in [0.15, 0.2) is 0 Å². The minimum atomic E-state index is -0.306. The first-order valence-corrected chi connectivity index (χ1v) is 7.85. The number of fused-ring (bicyclic) bond motifs is 2. The molecule has 112 valence electrons. The summed E-state index contributed by atoms with van der Waals surface area (Å²) in [5.74, 6) is 0.844. The molecule has 0 aromatic heterocycles. The molecule has 22 heavy (non-hydrogen) atoms. The maximum Gasteiger partial charge on any atom is 0.271 e. The summed E-state index contributed by atoms with van der Waals surface area (Å²) in [6.45, 7) is 0.940. The van der Waals surface area contributed by atoms with E-state index in [9.17, 15) is 10.1 Å². The lowest BCUT2D eigenvalue weighted by atomic mass is 9.95. The summed E-state index contributed by atoms with van der Waals surface area (Å²) >= 11 is 0. The van der Waals surface area contributed by atoms with Crippen molar-refractivity contribution in [3.05, 3.63) is 63.7 Å². The number of anilines is 2. The van der Waals surface area contributed by atoms with Gasteiger partial charge in [0.05, 0.1) is 10.6 Å². The van der Waals surface area contributed by atoms with E-state index in [1.165, 1.54) is 29.7 Å². The van der Waals surface area contributed by atoms with Crippen molar-refractivity contribution in [2.24, 2.45) is 5.92 Å². The smallest absolute Gasteiger partial charge is 0.271 e. The van der Waals surface area contributed by atoms with Gasteiger partial charge in [-0.3, -0.25) is 10.1 Å². The molecule has 0 atom stereocenters. The summed E-state index contributed by atoms with van der Waals surface area (Å²) in [6.07, 6.45) is 4.68. The highest BCUT2D eigenvalue weighted by Crippen LogP contribution is 2.41. The fourth-order valence-electron chi connectivity index (χ4n) is 3.28. The van der Waals surface area contributed by atoms with Crippen molar-refractivity contribution in [3.63, 3.8) is 0 Å². The number of hydrogen-bond donors (Lipinski definition) is 0. The van der Waals surface area contributed by atoms with Crippen LogP contribution in [0.1, 0.15) is 30.4 Å². The van der Waals surface area contributed by atoms with Gasteiger partial charge in [-0.25, -0.2) is 0 Å². The van der Waals surface area contributed by atoms with Crippen LogP contribution in [0.5, 0.6) is 0 Å². The van der Waals surface area contributed by atoms with Gasteiger partial charge in [-0.1, -0.05) is 31.0 Å². The first-order valence-electron chi connectivity index (χ1n) is 7.85. The largest absolute Gasteiger partial charge is 0.341 e. The number of non-ortho nitro benzene ring substituents is 1. The Balaban J connectivity index is 1.76. The fourth-order valence-corrected chi connectivity index (χ4v) is 3.28. The standard InChI is InChI=1S/C18H18N2O2/c21-20(22)16-8-7-15-11-14-3-1-2-4-17(14)19(18(15)12-16)10-9-13-5-6-13/h1-4,7-8,12-13H,5-6,9-11H2. The maximum atomic E-state index is 11.1. The van der Waals surface area contributed by atoms with Gasteiger partial charge in [0.2, 0.25) is 0 Å². The third-order valence-electron chi connectivity index (χ3n) is 4.69.